The van der Waals surface area contributed by atoms with E-state index in [1.54, 1.807) is 12.7 Å². The third-order valence-electron chi connectivity index (χ3n) is 3.46. The van der Waals surface area contributed by atoms with Gasteiger partial charge in [0.25, 0.3) is 0 Å². The van der Waals surface area contributed by atoms with Crippen molar-refractivity contribution in [2.45, 2.75) is 38.5 Å². The van der Waals surface area contributed by atoms with Crippen LogP contribution in [0, 0.1) is 11.8 Å². The van der Waals surface area contributed by atoms with Crippen molar-refractivity contribution in [3.8, 4) is 0 Å². The van der Waals surface area contributed by atoms with Gasteiger partial charge in [0.1, 0.15) is 0 Å². The Morgan fingerprint density at radius 1 is 1.25 bits per heavy atom. The van der Waals surface area contributed by atoms with Gasteiger partial charge in [-0.2, -0.15) is 0 Å². The van der Waals surface area contributed by atoms with Gasteiger partial charge in [-0.3, -0.25) is 0 Å². The Morgan fingerprint density at radius 3 is 2.92 bits per heavy atom. The van der Waals surface area contributed by atoms with Crippen molar-refractivity contribution in [3.63, 3.8) is 0 Å². The summed E-state index contributed by atoms with van der Waals surface area (Å²) >= 11 is 0. The van der Waals surface area contributed by atoms with Crippen LogP contribution in [0.5, 0.6) is 0 Å². The first-order chi connectivity index (χ1) is 5.92. The Labute approximate surface area is 74.8 Å². The van der Waals surface area contributed by atoms with Crippen LogP contribution < -0.4 is 0 Å². The molecule has 2 aliphatic rings. The first kappa shape index (κ1) is 8.15. The number of hydrogen-bond donors (Lipinski definition) is 0. The van der Waals surface area contributed by atoms with Crippen LogP contribution in [0.1, 0.15) is 38.5 Å². The van der Waals surface area contributed by atoms with Crippen molar-refractivity contribution in [2.24, 2.45) is 11.8 Å². The van der Waals surface area contributed by atoms with Gasteiger partial charge in [-0.05, 0) is 43.1 Å². The molecule has 68 valence electrons. The third kappa shape index (κ3) is 1.37. The largest absolute Gasteiger partial charge is 0.504 e. The van der Waals surface area contributed by atoms with Crippen molar-refractivity contribution in [3.05, 3.63) is 11.8 Å². The minimum atomic E-state index is 0.888. The summed E-state index contributed by atoms with van der Waals surface area (Å²) in [5.41, 5.74) is 1.59. The number of fused-ring (bicyclic) bond motifs is 1. The number of ether oxygens (including phenoxy) is 1. The van der Waals surface area contributed by atoms with Crippen LogP contribution in [0.2, 0.25) is 0 Å². The smallest absolute Gasteiger partial charge is 0.0819 e. The van der Waals surface area contributed by atoms with Crippen LogP contribution in [-0.4, -0.2) is 7.11 Å². The van der Waals surface area contributed by atoms with Crippen molar-refractivity contribution in [1.82, 2.24) is 0 Å². The number of methoxy groups -OCH3 is 1. The van der Waals surface area contributed by atoms with Crippen LogP contribution >= 0.6 is 0 Å². The van der Waals surface area contributed by atoms with Crippen LogP contribution in [0.25, 0.3) is 0 Å². The summed E-state index contributed by atoms with van der Waals surface area (Å²) in [7, 11) is 1.77. The van der Waals surface area contributed by atoms with Crippen molar-refractivity contribution >= 4 is 0 Å². The maximum Gasteiger partial charge on any atom is 0.0819 e. The fourth-order valence-corrected chi connectivity index (χ4v) is 2.88. The second kappa shape index (κ2) is 3.51. The van der Waals surface area contributed by atoms with E-state index in [9.17, 15) is 0 Å². The molecule has 2 rings (SSSR count). The first-order valence-electron chi connectivity index (χ1n) is 5.13. The molecule has 2 unspecified atom stereocenters. The average Bonchev–Trinajstić information content (AvgIpc) is 2.50. The van der Waals surface area contributed by atoms with E-state index in [2.05, 4.69) is 0 Å². The van der Waals surface area contributed by atoms with Crippen LogP contribution in [0.15, 0.2) is 11.8 Å². The second-order valence-electron chi connectivity index (χ2n) is 4.12. The van der Waals surface area contributed by atoms with E-state index in [1.165, 1.54) is 38.5 Å². The standard InChI is InChI=1S/C11H18O/c1-12-8-10-7-6-9-4-2-3-5-11(9)10/h8-9,11H,2-7H2,1H3. The molecule has 0 saturated heterocycles. The number of hydrogen-bond acceptors (Lipinski definition) is 1. The minimum absolute atomic E-state index is 0.888. The summed E-state index contributed by atoms with van der Waals surface area (Å²) in [4.78, 5) is 0. The van der Waals surface area contributed by atoms with Crippen LogP contribution in [-0.2, 0) is 4.74 Å². The maximum absolute atomic E-state index is 5.11. The molecule has 2 atom stereocenters. The second-order valence-corrected chi connectivity index (χ2v) is 4.12. The molecule has 1 nitrogen and oxygen atoms in total. The minimum Gasteiger partial charge on any atom is -0.504 e. The van der Waals surface area contributed by atoms with Gasteiger partial charge in [0.2, 0.25) is 0 Å². The lowest BCUT2D eigenvalue weighted by Crippen LogP contribution is -2.14. The third-order valence-corrected chi connectivity index (χ3v) is 3.46. The van der Waals surface area contributed by atoms with E-state index < -0.39 is 0 Å². The van der Waals surface area contributed by atoms with Crippen LogP contribution in [0.4, 0.5) is 0 Å². The molecule has 0 N–H and O–H groups in total. The average molecular weight is 166 g/mol. The molecule has 2 aliphatic carbocycles. The summed E-state index contributed by atoms with van der Waals surface area (Å²) in [5, 5.41) is 0. The molecule has 0 aliphatic heterocycles. The zero-order chi connectivity index (χ0) is 8.39. The number of allylic oxidation sites excluding steroid dienone is 1. The van der Waals surface area contributed by atoms with E-state index in [4.69, 9.17) is 4.74 Å². The Morgan fingerprint density at radius 2 is 2.08 bits per heavy atom. The lowest BCUT2D eigenvalue weighted by molar-refractivity contribution is 0.288. The molecule has 0 aromatic heterocycles. The van der Waals surface area contributed by atoms with Gasteiger partial charge in [-0.15, -0.1) is 0 Å². The molecule has 2 fully saturated rings. The highest BCUT2D eigenvalue weighted by Crippen LogP contribution is 2.45. The first-order valence-corrected chi connectivity index (χ1v) is 5.13. The Kier molecular flexibility index (Phi) is 2.38. The normalized spacial score (nSPS) is 38.2. The lowest BCUT2D eigenvalue weighted by atomic mass is 9.80. The monoisotopic (exact) mass is 166 g/mol. The van der Waals surface area contributed by atoms with E-state index in [-0.39, 0.29) is 0 Å². The summed E-state index contributed by atoms with van der Waals surface area (Å²) in [6.45, 7) is 0. The summed E-state index contributed by atoms with van der Waals surface area (Å²) in [6.07, 6.45) is 10.5. The molecule has 0 heterocycles. The Bertz CT molecular complexity index is 183. The van der Waals surface area contributed by atoms with E-state index >= 15 is 0 Å². The van der Waals surface area contributed by atoms with E-state index in [0.29, 0.717) is 0 Å². The fourth-order valence-electron chi connectivity index (χ4n) is 2.88. The molecular formula is C11H18O. The Hall–Kier alpha value is -0.460. The van der Waals surface area contributed by atoms with E-state index in [0.717, 1.165) is 11.8 Å². The summed E-state index contributed by atoms with van der Waals surface area (Å²) in [6, 6.07) is 0. The highest BCUT2D eigenvalue weighted by Gasteiger charge is 2.33. The van der Waals surface area contributed by atoms with Crippen molar-refractivity contribution < 1.29 is 4.74 Å². The fraction of sp³-hybridized carbons (Fsp3) is 0.818. The molecule has 0 aromatic carbocycles. The number of rotatable bonds is 1. The molecule has 2 saturated carbocycles. The van der Waals surface area contributed by atoms with Gasteiger partial charge in [0.05, 0.1) is 13.4 Å². The highest BCUT2D eigenvalue weighted by molar-refractivity contribution is 5.12. The van der Waals surface area contributed by atoms with Gasteiger partial charge < -0.3 is 4.74 Å². The molecule has 1 heteroatoms. The summed E-state index contributed by atoms with van der Waals surface area (Å²) < 4.78 is 5.11. The SMILES string of the molecule is COC=C1CCC2CCCCC12. The zero-order valence-corrected chi connectivity index (χ0v) is 7.88. The molecule has 0 aromatic rings. The van der Waals surface area contributed by atoms with Gasteiger partial charge in [0, 0.05) is 0 Å². The Balaban J connectivity index is 2.05. The van der Waals surface area contributed by atoms with Gasteiger partial charge in [0.15, 0.2) is 0 Å². The molecule has 12 heavy (non-hydrogen) atoms. The molecule has 0 spiro atoms. The van der Waals surface area contributed by atoms with Crippen molar-refractivity contribution in [2.75, 3.05) is 7.11 Å². The molecular weight excluding hydrogens is 148 g/mol. The maximum atomic E-state index is 5.11. The topological polar surface area (TPSA) is 9.23 Å². The lowest BCUT2D eigenvalue weighted by Gasteiger charge is -2.25. The van der Waals surface area contributed by atoms with Crippen molar-refractivity contribution in [1.29, 1.82) is 0 Å². The predicted molar refractivity (Wildman–Crippen MR) is 49.8 cm³/mol. The van der Waals surface area contributed by atoms with E-state index in [1.807, 2.05) is 6.26 Å². The molecule has 0 bridgehead atoms. The zero-order valence-electron chi connectivity index (χ0n) is 7.88. The molecule has 0 radical (unpaired) electrons. The van der Waals surface area contributed by atoms with Gasteiger partial charge >= 0.3 is 0 Å². The highest BCUT2D eigenvalue weighted by atomic mass is 16.5. The van der Waals surface area contributed by atoms with Gasteiger partial charge in [-0.1, -0.05) is 12.8 Å². The van der Waals surface area contributed by atoms with Crippen LogP contribution in [0.3, 0.4) is 0 Å². The summed E-state index contributed by atoms with van der Waals surface area (Å²) in [5.74, 6) is 1.89. The predicted octanol–water partition coefficient (Wildman–Crippen LogP) is 3.12. The quantitative estimate of drug-likeness (QED) is 0.544. The van der Waals surface area contributed by atoms with Gasteiger partial charge in [-0.25, -0.2) is 0 Å². The molecule has 0 amide bonds.